The summed E-state index contributed by atoms with van der Waals surface area (Å²) < 4.78 is 38.4. The minimum atomic E-state index is -4.21. The second-order valence-corrected chi connectivity index (χ2v) is 9.71. The number of aromatic nitrogens is 1. The van der Waals surface area contributed by atoms with E-state index in [1.807, 2.05) is 4.90 Å². The molecule has 2 aromatic rings. The Hall–Kier alpha value is -3.00. The molecule has 11 heteroatoms. The van der Waals surface area contributed by atoms with Crippen molar-refractivity contribution < 1.29 is 22.8 Å². The van der Waals surface area contributed by atoms with Gasteiger partial charge in [0.1, 0.15) is 6.04 Å². The molecule has 2 aliphatic rings. The van der Waals surface area contributed by atoms with E-state index < -0.39 is 30.0 Å². The minimum Gasteiger partial charge on any atom is -0.370 e. The molecule has 2 amide bonds. The molecule has 0 saturated carbocycles. The Morgan fingerprint density at radius 2 is 2.09 bits per heavy atom. The van der Waals surface area contributed by atoms with Gasteiger partial charge in [0.15, 0.2) is 0 Å². The number of pyridine rings is 1. The highest BCUT2D eigenvalue weighted by Gasteiger charge is 2.47. The Morgan fingerprint density at radius 1 is 1.33 bits per heavy atom. The van der Waals surface area contributed by atoms with Crippen LogP contribution in [0.4, 0.5) is 18.9 Å². The van der Waals surface area contributed by atoms with Crippen molar-refractivity contribution in [1.82, 2.24) is 15.2 Å². The fourth-order valence-corrected chi connectivity index (χ4v) is 5.43. The van der Waals surface area contributed by atoms with Gasteiger partial charge in [0.2, 0.25) is 5.91 Å². The van der Waals surface area contributed by atoms with Gasteiger partial charge in [-0.3, -0.25) is 14.6 Å². The number of anilines is 1. The van der Waals surface area contributed by atoms with Crippen molar-refractivity contribution in [2.24, 2.45) is 5.41 Å². The van der Waals surface area contributed by atoms with Crippen LogP contribution in [0.1, 0.15) is 23.7 Å². The van der Waals surface area contributed by atoms with Crippen molar-refractivity contribution in [1.29, 1.82) is 5.26 Å². The number of nitrogens with zero attached hydrogens (tertiary/aromatic N) is 4. The van der Waals surface area contributed by atoms with Crippen molar-refractivity contribution in [3.05, 3.63) is 36.0 Å². The van der Waals surface area contributed by atoms with Gasteiger partial charge >= 0.3 is 6.18 Å². The third-order valence-corrected chi connectivity index (χ3v) is 6.87. The third kappa shape index (κ3) is 5.00. The predicted molar refractivity (Wildman–Crippen MR) is 119 cm³/mol. The SMILES string of the molecule is CC1(CC(F)(F)F)CN(c2ccc3nccc(C(=O)NCC(=O)N4CSC[C@H]4C#N)c3c2)C1. The summed E-state index contributed by atoms with van der Waals surface area (Å²) in [7, 11) is 0. The Labute approximate surface area is 192 Å². The van der Waals surface area contributed by atoms with Gasteiger partial charge in [-0.25, -0.2) is 0 Å². The summed E-state index contributed by atoms with van der Waals surface area (Å²) in [6, 6.07) is 8.38. The maximum atomic E-state index is 12.8. The molecular formula is C22H22F3N5O2S. The number of hydrogen-bond donors (Lipinski definition) is 1. The maximum absolute atomic E-state index is 12.8. The third-order valence-electron chi connectivity index (χ3n) is 5.86. The van der Waals surface area contributed by atoms with Crippen LogP contribution in [0, 0.1) is 16.7 Å². The zero-order valence-electron chi connectivity index (χ0n) is 17.9. The van der Waals surface area contributed by atoms with Gasteiger partial charge in [-0.1, -0.05) is 6.92 Å². The van der Waals surface area contributed by atoms with Crippen LogP contribution in [0.15, 0.2) is 30.5 Å². The molecule has 4 rings (SSSR count). The highest BCUT2D eigenvalue weighted by Crippen LogP contribution is 2.42. The largest absolute Gasteiger partial charge is 0.389 e. The van der Waals surface area contributed by atoms with Crippen LogP contribution in [0.3, 0.4) is 0 Å². The van der Waals surface area contributed by atoms with Gasteiger partial charge in [0.05, 0.1) is 36.0 Å². The van der Waals surface area contributed by atoms with Crippen LogP contribution in [0.2, 0.25) is 0 Å². The Morgan fingerprint density at radius 3 is 2.79 bits per heavy atom. The summed E-state index contributed by atoms with van der Waals surface area (Å²) in [4.78, 5) is 32.8. The van der Waals surface area contributed by atoms with Crippen molar-refractivity contribution in [3.63, 3.8) is 0 Å². The molecule has 0 unspecified atom stereocenters. The molecule has 0 radical (unpaired) electrons. The van der Waals surface area contributed by atoms with Crippen molar-refractivity contribution >= 4 is 40.2 Å². The number of nitrogens with one attached hydrogen (secondary N) is 1. The zero-order valence-corrected chi connectivity index (χ0v) is 18.7. The standard InChI is InChI=1S/C22H22F3N5O2S/c1-21(10-22(23,24)25)11-29(12-21)14-2-3-18-17(6-14)16(4-5-27-18)20(32)28-8-19(31)30-13-33-9-15(30)7-26/h2-6,15H,8-13H2,1H3,(H,28,32)/t15-/m1/s1. The van der Waals surface area contributed by atoms with Gasteiger partial charge in [0, 0.05) is 41.5 Å². The van der Waals surface area contributed by atoms with E-state index in [9.17, 15) is 22.8 Å². The molecule has 2 fully saturated rings. The number of carbonyl (C=O) groups excluding carboxylic acids is 2. The molecule has 33 heavy (non-hydrogen) atoms. The van der Waals surface area contributed by atoms with Crippen molar-refractivity contribution in [3.8, 4) is 6.07 Å². The Balaban J connectivity index is 1.47. The van der Waals surface area contributed by atoms with Gasteiger partial charge < -0.3 is 15.1 Å². The number of alkyl halides is 3. The molecule has 1 atom stereocenters. The highest BCUT2D eigenvalue weighted by molar-refractivity contribution is 7.99. The molecule has 2 aliphatic heterocycles. The summed E-state index contributed by atoms with van der Waals surface area (Å²) in [6.45, 7) is 1.92. The normalized spacial score (nSPS) is 19.8. The molecule has 2 saturated heterocycles. The Kier molecular flexibility index (Phi) is 6.14. The second kappa shape index (κ2) is 8.74. The number of rotatable bonds is 5. The van der Waals surface area contributed by atoms with Gasteiger partial charge in [-0.2, -0.15) is 18.4 Å². The second-order valence-electron chi connectivity index (χ2n) is 8.71. The fourth-order valence-electron chi connectivity index (χ4n) is 4.33. The minimum absolute atomic E-state index is 0.233. The predicted octanol–water partition coefficient (Wildman–Crippen LogP) is 3.17. The van der Waals surface area contributed by atoms with E-state index in [1.165, 1.54) is 22.9 Å². The van der Waals surface area contributed by atoms with Crippen LogP contribution in [-0.4, -0.2) is 65.2 Å². The monoisotopic (exact) mass is 477 g/mol. The van der Waals surface area contributed by atoms with E-state index in [-0.39, 0.29) is 25.5 Å². The summed E-state index contributed by atoms with van der Waals surface area (Å²) in [6.07, 6.45) is -3.56. The first-order valence-corrected chi connectivity index (χ1v) is 11.5. The molecule has 1 aromatic carbocycles. The van der Waals surface area contributed by atoms with E-state index >= 15 is 0 Å². The number of amides is 2. The number of carbonyl (C=O) groups is 2. The van der Waals surface area contributed by atoms with Crippen molar-refractivity contribution in [2.45, 2.75) is 25.6 Å². The van der Waals surface area contributed by atoms with Gasteiger partial charge in [0.25, 0.3) is 5.91 Å². The summed E-state index contributed by atoms with van der Waals surface area (Å²) in [5, 5.41) is 12.3. The fraction of sp³-hybridized carbons (Fsp3) is 0.455. The number of fused-ring (bicyclic) bond motifs is 1. The quantitative estimate of drug-likeness (QED) is 0.712. The Bertz CT molecular complexity index is 1130. The molecule has 1 N–H and O–H groups in total. The smallest absolute Gasteiger partial charge is 0.370 e. The van der Waals surface area contributed by atoms with Gasteiger partial charge in [-0.15, -0.1) is 11.8 Å². The lowest BCUT2D eigenvalue weighted by Crippen LogP contribution is -2.56. The molecule has 0 spiro atoms. The first-order valence-electron chi connectivity index (χ1n) is 10.3. The molecular weight excluding hydrogens is 455 g/mol. The molecule has 3 heterocycles. The topological polar surface area (TPSA) is 89.3 Å². The van der Waals surface area contributed by atoms with E-state index in [0.29, 0.717) is 33.8 Å². The van der Waals surface area contributed by atoms with Crippen LogP contribution >= 0.6 is 11.8 Å². The zero-order chi connectivity index (χ0) is 23.8. The molecule has 174 valence electrons. The average Bonchev–Trinajstić information content (AvgIpc) is 3.22. The molecule has 0 aliphatic carbocycles. The lowest BCUT2D eigenvalue weighted by Gasteiger charge is -2.49. The molecule has 7 nitrogen and oxygen atoms in total. The molecule has 1 aromatic heterocycles. The van der Waals surface area contributed by atoms with Crippen LogP contribution in [0.25, 0.3) is 10.9 Å². The first kappa shape index (κ1) is 23.2. The maximum Gasteiger partial charge on any atom is 0.389 e. The number of hydrogen-bond acceptors (Lipinski definition) is 6. The van der Waals surface area contributed by atoms with E-state index in [1.54, 1.807) is 31.2 Å². The summed E-state index contributed by atoms with van der Waals surface area (Å²) in [5.41, 5.74) is 0.765. The van der Waals surface area contributed by atoms with Crippen LogP contribution in [0.5, 0.6) is 0 Å². The van der Waals surface area contributed by atoms with E-state index in [0.717, 1.165) is 0 Å². The summed E-state index contributed by atoms with van der Waals surface area (Å²) >= 11 is 1.48. The summed E-state index contributed by atoms with van der Waals surface area (Å²) in [5.74, 6) is 0.173. The lowest BCUT2D eigenvalue weighted by molar-refractivity contribution is -0.159. The number of thioether (sulfide) groups is 1. The first-order chi connectivity index (χ1) is 15.6. The lowest BCUT2D eigenvalue weighted by atomic mass is 9.78. The van der Waals surface area contributed by atoms with E-state index in [4.69, 9.17) is 5.26 Å². The van der Waals surface area contributed by atoms with Crippen LogP contribution in [-0.2, 0) is 4.79 Å². The van der Waals surface area contributed by atoms with Crippen molar-refractivity contribution in [2.75, 3.05) is 36.2 Å². The molecule has 0 bridgehead atoms. The number of halogens is 3. The van der Waals surface area contributed by atoms with Gasteiger partial charge in [-0.05, 0) is 24.3 Å². The number of benzene rings is 1. The average molecular weight is 478 g/mol. The number of nitriles is 1. The highest BCUT2D eigenvalue weighted by atomic mass is 32.2. The van der Waals surface area contributed by atoms with E-state index in [2.05, 4.69) is 16.4 Å². The van der Waals surface area contributed by atoms with Crippen LogP contribution < -0.4 is 10.2 Å².